The van der Waals surface area contributed by atoms with Crippen molar-refractivity contribution in [3.63, 3.8) is 0 Å². The lowest BCUT2D eigenvalue weighted by molar-refractivity contribution is -0.146. The Balaban J connectivity index is 1.95. The zero-order valence-electron chi connectivity index (χ0n) is 16.0. The first kappa shape index (κ1) is 20.4. The normalized spacial score (nSPS) is 24.7. The zero-order chi connectivity index (χ0) is 20.0. The van der Waals surface area contributed by atoms with Gasteiger partial charge in [0.25, 0.3) is 0 Å². The molecule has 0 atom stereocenters. The average Bonchev–Trinajstić information content (AvgIpc) is 2.91. The number of ether oxygens (including phenoxy) is 2. The van der Waals surface area contributed by atoms with Crippen molar-refractivity contribution >= 4 is 45.4 Å². The molecule has 2 aliphatic rings. The van der Waals surface area contributed by atoms with Gasteiger partial charge in [-0.15, -0.1) is 0 Å². The highest BCUT2D eigenvalue weighted by Crippen LogP contribution is 2.53. The summed E-state index contributed by atoms with van der Waals surface area (Å²) in [6.07, 6.45) is 4.03. The maximum Gasteiger partial charge on any atom is 0.416 e. The first-order valence-corrected chi connectivity index (χ1v) is 10.2. The first-order chi connectivity index (χ1) is 12.6. The Hall–Kier alpha value is -1.34. The number of nitrogens with zero attached hydrogens (tertiary/aromatic N) is 2. The highest BCUT2D eigenvalue weighted by molar-refractivity contribution is 9.10. The quantitative estimate of drug-likeness (QED) is 0.561. The molecule has 3 rings (SSSR count). The summed E-state index contributed by atoms with van der Waals surface area (Å²) >= 11 is 10.1. The third-order valence-corrected chi connectivity index (χ3v) is 6.51. The van der Waals surface area contributed by atoms with Crippen LogP contribution in [-0.4, -0.2) is 36.3 Å². The molecule has 0 unspecified atom stereocenters. The van der Waals surface area contributed by atoms with E-state index in [0.717, 1.165) is 18.4 Å². The molecule has 2 heterocycles. The number of hydrogen-bond acceptors (Lipinski definition) is 5. The number of hydrogen-bond donors (Lipinski definition) is 0. The summed E-state index contributed by atoms with van der Waals surface area (Å²) in [7, 11) is 1.42. The van der Waals surface area contributed by atoms with Crippen molar-refractivity contribution in [1.82, 2.24) is 4.98 Å². The van der Waals surface area contributed by atoms with Gasteiger partial charge in [-0.25, -0.2) is 9.78 Å². The second-order valence-electron chi connectivity index (χ2n) is 8.26. The molecular weight excluding hydrogens is 436 g/mol. The number of anilines is 1. The number of methoxy groups -OCH3 is 1. The molecule has 0 saturated heterocycles. The Morgan fingerprint density at radius 3 is 2.52 bits per heavy atom. The van der Waals surface area contributed by atoms with Crippen molar-refractivity contribution in [3.05, 3.63) is 21.3 Å². The van der Waals surface area contributed by atoms with Crippen LogP contribution in [-0.2, 0) is 19.7 Å². The second kappa shape index (κ2) is 7.24. The van der Waals surface area contributed by atoms with Crippen molar-refractivity contribution < 1.29 is 19.1 Å². The lowest BCUT2D eigenvalue weighted by Gasteiger charge is -2.37. The maximum absolute atomic E-state index is 12.8. The molecule has 1 aromatic heterocycles. The SMILES string of the molecule is COC(=O)[C@H]1CC[C@]2(CC1)CN(C(=O)OC(C)(C)C)c1ncc(Br)c(Cl)c12. The van der Waals surface area contributed by atoms with Crippen LogP contribution in [0.2, 0.25) is 5.02 Å². The molecule has 1 saturated carbocycles. The van der Waals surface area contributed by atoms with Gasteiger partial charge in [0.1, 0.15) is 11.4 Å². The number of aromatic nitrogens is 1. The predicted octanol–water partition coefficient (Wildman–Crippen LogP) is 4.85. The molecule has 1 spiro atoms. The van der Waals surface area contributed by atoms with Crippen molar-refractivity contribution in [2.24, 2.45) is 5.92 Å². The maximum atomic E-state index is 12.8. The van der Waals surface area contributed by atoms with Crippen LogP contribution in [0.25, 0.3) is 0 Å². The number of amides is 1. The van der Waals surface area contributed by atoms with Crippen LogP contribution >= 0.6 is 27.5 Å². The fourth-order valence-electron chi connectivity index (χ4n) is 4.04. The Kier molecular flexibility index (Phi) is 5.47. The van der Waals surface area contributed by atoms with E-state index in [1.54, 1.807) is 11.1 Å². The molecule has 6 nitrogen and oxygen atoms in total. The Bertz CT molecular complexity index is 770. The van der Waals surface area contributed by atoms with Crippen LogP contribution in [0.15, 0.2) is 10.7 Å². The van der Waals surface area contributed by atoms with Crippen molar-refractivity contribution in [2.45, 2.75) is 57.5 Å². The zero-order valence-corrected chi connectivity index (χ0v) is 18.3. The summed E-state index contributed by atoms with van der Waals surface area (Å²) in [5, 5.41) is 0.572. The van der Waals surface area contributed by atoms with Gasteiger partial charge in [-0.1, -0.05) is 11.6 Å². The number of pyridine rings is 1. The van der Waals surface area contributed by atoms with Crippen LogP contribution < -0.4 is 4.90 Å². The van der Waals surface area contributed by atoms with Gasteiger partial charge in [0.2, 0.25) is 0 Å². The number of fused-ring (bicyclic) bond motifs is 2. The molecule has 1 aliphatic heterocycles. The summed E-state index contributed by atoms with van der Waals surface area (Å²) in [4.78, 5) is 30.8. The molecule has 0 N–H and O–H groups in total. The first-order valence-electron chi connectivity index (χ1n) is 9.01. The summed E-state index contributed by atoms with van der Waals surface area (Å²) in [6, 6.07) is 0. The standard InChI is InChI=1S/C19H24BrClN2O4/c1-18(2,3)27-17(25)23-10-19(7-5-11(6-8-19)16(24)26-4)13-14(21)12(20)9-22-15(13)23/h9,11H,5-8,10H2,1-4H3/t11-,19-. The molecule has 148 valence electrons. The number of esters is 1. The van der Waals surface area contributed by atoms with Gasteiger partial charge in [-0.3, -0.25) is 9.69 Å². The number of rotatable bonds is 1. The molecule has 8 heteroatoms. The van der Waals surface area contributed by atoms with Gasteiger partial charge in [0, 0.05) is 23.7 Å². The van der Waals surface area contributed by atoms with Crippen LogP contribution in [0.4, 0.5) is 10.6 Å². The van der Waals surface area contributed by atoms with E-state index >= 15 is 0 Å². The Labute approximate surface area is 172 Å². The average molecular weight is 460 g/mol. The highest BCUT2D eigenvalue weighted by Gasteiger charge is 2.50. The van der Waals surface area contributed by atoms with Crippen LogP contribution in [0.3, 0.4) is 0 Å². The van der Waals surface area contributed by atoms with Crippen molar-refractivity contribution in [3.8, 4) is 0 Å². The van der Waals surface area contributed by atoms with Gasteiger partial charge in [-0.2, -0.15) is 0 Å². The Morgan fingerprint density at radius 2 is 1.96 bits per heavy atom. The Morgan fingerprint density at radius 1 is 1.33 bits per heavy atom. The predicted molar refractivity (Wildman–Crippen MR) is 106 cm³/mol. The van der Waals surface area contributed by atoms with Gasteiger partial charge < -0.3 is 9.47 Å². The van der Waals surface area contributed by atoms with E-state index < -0.39 is 11.7 Å². The third-order valence-electron chi connectivity index (χ3n) is 5.29. The van der Waals surface area contributed by atoms with E-state index in [1.165, 1.54) is 7.11 Å². The van der Waals surface area contributed by atoms with Gasteiger partial charge in [0.05, 0.1) is 22.5 Å². The molecule has 1 aromatic rings. The van der Waals surface area contributed by atoms with E-state index in [9.17, 15) is 9.59 Å². The van der Waals surface area contributed by atoms with E-state index in [1.807, 2.05) is 20.8 Å². The molecule has 0 radical (unpaired) electrons. The second-order valence-corrected chi connectivity index (χ2v) is 9.50. The topological polar surface area (TPSA) is 68.7 Å². The van der Waals surface area contributed by atoms with Gasteiger partial charge in [-0.05, 0) is 62.4 Å². The molecule has 27 heavy (non-hydrogen) atoms. The molecular formula is C19H24BrClN2O4. The third kappa shape index (κ3) is 3.81. The molecule has 0 bridgehead atoms. The minimum absolute atomic E-state index is 0.112. The monoisotopic (exact) mass is 458 g/mol. The fraction of sp³-hybridized carbons (Fsp3) is 0.632. The van der Waals surface area contributed by atoms with Crippen LogP contribution in [0, 0.1) is 5.92 Å². The summed E-state index contributed by atoms with van der Waals surface area (Å²) in [5.74, 6) is 0.262. The van der Waals surface area contributed by atoms with Crippen LogP contribution in [0.5, 0.6) is 0 Å². The summed E-state index contributed by atoms with van der Waals surface area (Å²) in [5.41, 5.74) is -0.0630. The lowest BCUT2D eigenvalue weighted by atomic mass is 9.68. The minimum atomic E-state index is -0.602. The molecule has 1 fully saturated rings. The van der Waals surface area contributed by atoms with E-state index in [2.05, 4.69) is 20.9 Å². The highest BCUT2D eigenvalue weighted by atomic mass is 79.9. The van der Waals surface area contributed by atoms with Crippen molar-refractivity contribution in [1.29, 1.82) is 0 Å². The number of carbonyl (C=O) groups is 2. The van der Waals surface area contributed by atoms with E-state index in [4.69, 9.17) is 21.1 Å². The largest absolute Gasteiger partial charge is 0.469 e. The molecule has 1 aliphatic carbocycles. The lowest BCUT2D eigenvalue weighted by Crippen LogP contribution is -2.42. The minimum Gasteiger partial charge on any atom is -0.469 e. The summed E-state index contributed by atoms with van der Waals surface area (Å²) < 4.78 is 11.2. The molecule has 1 amide bonds. The van der Waals surface area contributed by atoms with E-state index in [0.29, 0.717) is 34.7 Å². The smallest absolute Gasteiger partial charge is 0.416 e. The van der Waals surface area contributed by atoms with Crippen molar-refractivity contribution in [2.75, 3.05) is 18.6 Å². The summed E-state index contributed by atoms with van der Waals surface area (Å²) in [6.45, 7) is 5.96. The van der Waals surface area contributed by atoms with Gasteiger partial charge in [0.15, 0.2) is 0 Å². The van der Waals surface area contributed by atoms with Gasteiger partial charge >= 0.3 is 12.1 Å². The number of halogens is 2. The van der Waals surface area contributed by atoms with E-state index in [-0.39, 0.29) is 17.3 Å². The molecule has 0 aromatic carbocycles. The fourth-order valence-corrected chi connectivity index (χ4v) is 4.67. The number of carbonyl (C=O) groups excluding carboxylic acids is 2. The van der Waals surface area contributed by atoms with Crippen LogP contribution in [0.1, 0.15) is 52.0 Å².